The minimum Gasteiger partial charge on any atom is -0.478 e. The smallest absolute Gasteiger partial charge is 0.328 e. The number of nitrogens with zero attached hydrogens (tertiary/aromatic N) is 1. The lowest BCUT2D eigenvalue weighted by Gasteiger charge is -2.16. The van der Waals surface area contributed by atoms with Crippen LogP contribution in [-0.4, -0.2) is 35.0 Å². The highest BCUT2D eigenvalue weighted by Gasteiger charge is 2.29. The van der Waals surface area contributed by atoms with Crippen molar-refractivity contribution in [3.05, 3.63) is 41.5 Å². The zero-order valence-electron chi connectivity index (χ0n) is 10.2. The molecule has 1 aliphatic carbocycles. The maximum atomic E-state index is 12.1. The van der Waals surface area contributed by atoms with E-state index in [1.807, 2.05) is 0 Å². The van der Waals surface area contributed by atoms with E-state index in [0.717, 1.165) is 18.9 Å². The van der Waals surface area contributed by atoms with Crippen molar-refractivity contribution in [2.75, 3.05) is 7.05 Å². The van der Waals surface area contributed by atoms with Crippen molar-refractivity contribution >= 4 is 18.0 Å². The number of carboxylic acid groups (broad SMARTS) is 1. The molecule has 0 saturated heterocycles. The molecule has 1 aliphatic rings. The molecule has 1 aromatic carbocycles. The van der Waals surface area contributed by atoms with Gasteiger partial charge in [0.25, 0.3) is 5.91 Å². The van der Waals surface area contributed by atoms with Crippen LogP contribution in [0.4, 0.5) is 0 Å². The van der Waals surface area contributed by atoms with Gasteiger partial charge in [0.05, 0.1) is 0 Å². The Hall–Kier alpha value is -2.10. The molecule has 0 aromatic heterocycles. The van der Waals surface area contributed by atoms with Crippen LogP contribution in [0.15, 0.2) is 30.3 Å². The van der Waals surface area contributed by atoms with E-state index >= 15 is 0 Å². The van der Waals surface area contributed by atoms with Gasteiger partial charge in [0.2, 0.25) is 0 Å². The highest BCUT2D eigenvalue weighted by molar-refractivity contribution is 5.95. The van der Waals surface area contributed by atoms with Gasteiger partial charge in [0, 0.05) is 24.7 Å². The first-order chi connectivity index (χ1) is 8.58. The van der Waals surface area contributed by atoms with Crippen molar-refractivity contribution < 1.29 is 14.7 Å². The van der Waals surface area contributed by atoms with Gasteiger partial charge in [0.1, 0.15) is 0 Å². The van der Waals surface area contributed by atoms with Gasteiger partial charge in [-0.25, -0.2) is 4.79 Å². The third kappa shape index (κ3) is 2.97. The fourth-order valence-corrected chi connectivity index (χ4v) is 1.77. The lowest BCUT2D eigenvalue weighted by molar-refractivity contribution is -0.131. The van der Waals surface area contributed by atoms with Crippen molar-refractivity contribution in [3.8, 4) is 0 Å². The van der Waals surface area contributed by atoms with Crippen molar-refractivity contribution in [2.45, 2.75) is 18.9 Å². The minimum atomic E-state index is -0.998. The Morgan fingerprint density at radius 3 is 2.72 bits per heavy atom. The summed E-state index contributed by atoms with van der Waals surface area (Å²) in [7, 11) is 1.81. The molecule has 1 amide bonds. The third-order valence-corrected chi connectivity index (χ3v) is 2.97. The summed E-state index contributed by atoms with van der Waals surface area (Å²) in [6.07, 6.45) is 4.69. The molecule has 1 fully saturated rings. The largest absolute Gasteiger partial charge is 0.478 e. The summed E-state index contributed by atoms with van der Waals surface area (Å²) in [4.78, 5) is 24.3. The monoisotopic (exact) mass is 245 g/mol. The number of aliphatic carboxylic acids is 1. The molecule has 2 rings (SSSR count). The molecule has 0 unspecified atom stereocenters. The van der Waals surface area contributed by atoms with Crippen molar-refractivity contribution in [3.63, 3.8) is 0 Å². The lowest BCUT2D eigenvalue weighted by atomic mass is 10.1. The summed E-state index contributed by atoms with van der Waals surface area (Å²) < 4.78 is 0. The normalized spacial score (nSPS) is 14.7. The highest BCUT2D eigenvalue weighted by atomic mass is 16.4. The number of benzene rings is 1. The van der Waals surface area contributed by atoms with Gasteiger partial charge in [-0.1, -0.05) is 12.1 Å². The first-order valence-electron chi connectivity index (χ1n) is 5.86. The summed E-state index contributed by atoms with van der Waals surface area (Å²) in [5.41, 5.74) is 1.31. The van der Waals surface area contributed by atoms with Crippen LogP contribution in [0, 0.1) is 0 Å². The summed E-state index contributed by atoms with van der Waals surface area (Å²) >= 11 is 0. The van der Waals surface area contributed by atoms with Crippen LogP contribution < -0.4 is 0 Å². The van der Waals surface area contributed by atoms with E-state index in [9.17, 15) is 9.59 Å². The molecular weight excluding hydrogens is 230 g/mol. The Morgan fingerprint density at radius 2 is 2.11 bits per heavy atom. The SMILES string of the molecule is CN(C(=O)c1cccc(/C=C/C(=O)O)c1)C1CC1. The van der Waals surface area contributed by atoms with E-state index in [4.69, 9.17) is 5.11 Å². The number of carboxylic acids is 1. The second kappa shape index (κ2) is 5.04. The molecule has 1 N–H and O–H groups in total. The minimum absolute atomic E-state index is 0.0110. The lowest BCUT2D eigenvalue weighted by Crippen LogP contribution is -2.28. The Bertz CT molecular complexity index is 504. The van der Waals surface area contributed by atoms with Crippen LogP contribution in [0.1, 0.15) is 28.8 Å². The zero-order valence-corrected chi connectivity index (χ0v) is 10.2. The van der Waals surface area contributed by atoms with Gasteiger partial charge in [-0.15, -0.1) is 0 Å². The Morgan fingerprint density at radius 1 is 1.39 bits per heavy atom. The predicted molar refractivity (Wildman–Crippen MR) is 68.2 cm³/mol. The van der Waals surface area contributed by atoms with Gasteiger partial charge >= 0.3 is 5.97 Å². The average Bonchev–Trinajstić information content (AvgIpc) is 3.19. The number of rotatable bonds is 4. The van der Waals surface area contributed by atoms with E-state index < -0.39 is 5.97 Å². The topological polar surface area (TPSA) is 57.6 Å². The van der Waals surface area contributed by atoms with E-state index in [1.54, 1.807) is 36.2 Å². The number of carbonyl (C=O) groups is 2. The van der Waals surface area contributed by atoms with Gasteiger partial charge in [0.15, 0.2) is 0 Å². The molecule has 0 aliphatic heterocycles. The fraction of sp³-hybridized carbons (Fsp3) is 0.286. The van der Waals surface area contributed by atoms with Crippen molar-refractivity contribution in [2.24, 2.45) is 0 Å². The van der Waals surface area contributed by atoms with Gasteiger partial charge in [-0.05, 0) is 36.6 Å². The molecular formula is C14H15NO3. The van der Waals surface area contributed by atoms with E-state index in [1.165, 1.54) is 6.08 Å². The summed E-state index contributed by atoms with van der Waals surface area (Å²) in [5.74, 6) is -1.01. The van der Waals surface area contributed by atoms with E-state index in [0.29, 0.717) is 17.2 Å². The first-order valence-corrected chi connectivity index (χ1v) is 5.86. The van der Waals surface area contributed by atoms with Crippen LogP contribution in [0.5, 0.6) is 0 Å². The average molecular weight is 245 g/mol. The van der Waals surface area contributed by atoms with Gasteiger partial charge in [-0.3, -0.25) is 4.79 Å². The van der Waals surface area contributed by atoms with Crippen LogP contribution in [-0.2, 0) is 4.79 Å². The summed E-state index contributed by atoms with van der Waals surface area (Å²) in [5, 5.41) is 8.56. The van der Waals surface area contributed by atoms with Gasteiger partial charge in [-0.2, -0.15) is 0 Å². The zero-order chi connectivity index (χ0) is 13.1. The highest BCUT2D eigenvalue weighted by Crippen LogP contribution is 2.26. The fourth-order valence-electron chi connectivity index (χ4n) is 1.77. The molecule has 1 aromatic rings. The van der Waals surface area contributed by atoms with Crippen LogP contribution >= 0.6 is 0 Å². The standard InChI is InChI=1S/C14H15NO3/c1-15(12-6-7-12)14(18)11-4-2-3-10(9-11)5-8-13(16)17/h2-5,8-9,12H,6-7H2,1H3,(H,16,17)/b8-5+. The van der Waals surface area contributed by atoms with Gasteiger partial charge < -0.3 is 10.0 Å². The van der Waals surface area contributed by atoms with Crippen LogP contribution in [0.2, 0.25) is 0 Å². The number of carbonyl (C=O) groups excluding carboxylic acids is 1. The van der Waals surface area contributed by atoms with Crippen LogP contribution in [0.25, 0.3) is 6.08 Å². The van der Waals surface area contributed by atoms with Crippen molar-refractivity contribution in [1.29, 1.82) is 0 Å². The third-order valence-electron chi connectivity index (χ3n) is 2.97. The molecule has 4 heteroatoms. The van der Waals surface area contributed by atoms with E-state index in [2.05, 4.69) is 0 Å². The molecule has 4 nitrogen and oxygen atoms in total. The Labute approximate surface area is 106 Å². The summed E-state index contributed by atoms with van der Waals surface area (Å²) in [6.45, 7) is 0. The second-order valence-corrected chi connectivity index (χ2v) is 4.44. The quantitative estimate of drug-likeness (QED) is 0.825. The molecule has 0 bridgehead atoms. The predicted octanol–water partition coefficient (Wildman–Crippen LogP) is 2.02. The molecule has 0 atom stereocenters. The number of amides is 1. The number of hydrogen-bond donors (Lipinski definition) is 1. The molecule has 0 heterocycles. The molecule has 0 radical (unpaired) electrons. The molecule has 18 heavy (non-hydrogen) atoms. The van der Waals surface area contributed by atoms with E-state index in [-0.39, 0.29) is 5.91 Å². The van der Waals surface area contributed by atoms with Crippen molar-refractivity contribution in [1.82, 2.24) is 4.90 Å². The second-order valence-electron chi connectivity index (χ2n) is 4.44. The maximum Gasteiger partial charge on any atom is 0.328 e. The molecule has 94 valence electrons. The Kier molecular flexibility index (Phi) is 3.46. The number of hydrogen-bond acceptors (Lipinski definition) is 2. The summed E-state index contributed by atoms with van der Waals surface area (Å²) in [6, 6.07) is 7.36. The first kappa shape index (κ1) is 12.4. The van der Waals surface area contributed by atoms with Crippen LogP contribution in [0.3, 0.4) is 0 Å². The molecule has 1 saturated carbocycles. The molecule has 0 spiro atoms. The maximum absolute atomic E-state index is 12.1. The Balaban J connectivity index is 2.15.